The van der Waals surface area contributed by atoms with Crippen molar-refractivity contribution in [1.82, 2.24) is 19.3 Å². The Kier molecular flexibility index (Phi) is 5.51. The van der Waals surface area contributed by atoms with E-state index in [4.69, 9.17) is 4.74 Å². The number of aromatic nitrogens is 4. The molecule has 8 nitrogen and oxygen atoms in total. The fourth-order valence-corrected chi connectivity index (χ4v) is 3.79. The molecule has 0 saturated carbocycles. The molecular formula is C25H20FN5O3. The van der Waals surface area contributed by atoms with Crippen molar-refractivity contribution >= 4 is 22.5 Å². The van der Waals surface area contributed by atoms with Crippen molar-refractivity contribution < 1.29 is 13.9 Å². The standard InChI is InChI=1S/C25H20FN5O3/c1-2-20-23(16-8-10-17(26)11-9-16)24-27-14-19-21(31(24)28-20)12-13-30(25(19)33)29-22(32)15-34-18-6-4-3-5-7-18/h3-14H,2,15H2,1H3,(H,29,32). The molecule has 0 unspecified atom stereocenters. The Morgan fingerprint density at radius 2 is 1.85 bits per heavy atom. The molecule has 0 aliphatic heterocycles. The monoisotopic (exact) mass is 457 g/mol. The Morgan fingerprint density at radius 1 is 1.09 bits per heavy atom. The molecule has 5 aromatic rings. The lowest BCUT2D eigenvalue weighted by atomic mass is 10.0. The Balaban J connectivity index is 1.49. The molecule has 0 aliphatic carbocycles. The fraction of sp³-hybridized carbons (Fsp3) is 0.120. The van der Waals surface area contributed by atoms with Crippen molar-refractivity contribution in [2.24, 2.45) is 0 Å². The molecular weight excluding hydrogens is 437 g/mol. The topological polar surface area (TPSA) is 90.5 Å². The number of halogens is 1. The van der Waals surface area contributed by atoms with Crippen molar-refractivity contribution in [1.29, 1.82) is 0 Å². The number of carbonyl (C=O) groups excluding carboxylic acids is 1. The van der Waals surface area contributed by atoms with Crippen molar-refractivity contribution in [3.8, 4) is 16.9 Å². The van der Waals surface area contributed by atoms with E-state index < -0.39 is 11.5 Å². The number of hydrogen-bond donors (Lipinski definition) is 1. The number of nitrogens with one attached hydrogen (secondary N) is 1. The molecule has 34 heavy (non-hydrogen) atoms. The van der Waals surface area contributed by atoms with Crippen molar-refractivity contribution in [2.45, 2.75) is 13.3 Å². The fourth-order valence-electron chi connectivity index (χ4n) is 3.79. The van der Waals surface area contributed by atoms with Gasteiger partial charge in [0.15, 0.2) is 12.3 Å². The van der Waals surface area contributed by atoms with E-state index in [0.29, 0.717) is 23.3 Å². The summed E-state index contributed by atoms with van der Waals surface area (Å²) in [5, 5.41) is 4.94. The van der Waals surface area contributed by atoms with Gasteiger partial charge in [-0.2, -0.15) is 5.10 Å². The number of ether oxygens (including phenoxy) is 1. The van der Waals surface area contributed by atoms with Gasteiger partial charge in [-0.1, -0.05) is 37.3 Å². The second kappa shape index (κ2) is 8.78. The van der Waals surface area contributed by atoms with Gasteiger partial charge in [-0.25, -0.2) is 18.6 Å². The smallest absolute Gasteiger partial charge is 0.280 e. The predicted octanol–water partition coefficient (Wildman–Crippen LogP) is 3.56. The Bertz CT molecular complexity index is 1560. The van der Waals surface area contributed by atoms with E-state index in [1.54, 1.807) is 47.0 Å². The van der Waals surface area contributed by atoms with Gasteiger partial charge in [-0.3, -0.25) is 15.0 Å². The SMILES string of the molecule is CCc1nn2c(ncc3c(=O)n(NC(=O)COc4ccccc4)ccc32)c1-c1ccc(F)cc1. The average Bonchev–Trinajstić information content (AvgIpc) is 3.24. The summed E-state index contributed by atoms with van der Waals surface area (Å²) in [4.78, 5) is 29.8. The van der Waals surface area contributed by atoms with Crippen molar-refractivity contribution in [3.63, 3.8) is 0 Å². The van der Waals surface area contributed by atoms with E-state index in [2.05, 4.69) is 15.5 Å². The van der Waals surface area contributed by atoms with Crippen molar-refractivity contribution in [3.05, 3.63) is 94.9 Å². The van der Waals surface area contributed by atoms with E-state index in [1.165, 1.54) is 24.5 Å². The molecule has 9 heteroatoms. The van der Waals surface area contributed by atoms with Gasteiger partial charge >= 0.3 is 0 Å². The van der Waals surface area contributed by atoms with Gasteiger partial charge in [-0.15, -0.1) is 0 Å². The summed E-state index contributed by atoms with van der Waals surface area (Å²) in [5.74, 6) is -0.254. The zero-order valence-electron chi connectivity index (χ0n) is 18.2. The molecule has 0 saturated heterocycles. The lowest BCUT2D eigenvalue weighted by molar-refractivity contribution is -0.119. The number of nitrogens with zero attached hydrogens (tertiary/aromatic N) is 4. The number of aryl methyl sites for hydroxylation is 1. The van der Waals surface area contributed by atoms with Crippen LogP contribution in [0.3, 0.4) is 0 Å². The van der Waals surface area contributed by atoms with Crippen LogP contribution in [0.2, 0.25) is 0 Å². The number of amides is 1. The second-order valence-corrected chi connectivity index (χ2v) is 7.60. The first-order chi connectivity index (χ1) is 16.5. The molecule has 0 atom stereocenters. The van der Waals surface area contributed by atoms with Gasteiger partial charge in [0.25, 0.3) is 11.5 Å². The summed E-state index contributed by atoms with van der Waals surface area (Å²) in [7, 11) is 0. The van der Waals surface area contributed by atoms with E-state index in [1.807, 2.05) is 13.0 Å². The van der Waals surface area contributed by atoms with Crippen LogP contribution < -0.4 is 15.7 Å². The molecule has 5 rings (SSSR count). The van der Waals surface area contributed by atoms with E-state index in [0.717, 1.165) is 21.5 Å². The molecule has 1 N–H and O–H groups in total. The van der Waals surface area contributed by atoms with Crippen LogP contribution in [-0.4, -0.2) is 31.8 Å². The van der Waals surface area contributed by atoms with E-state index >= 15 is 0 Å². The zero-order valence-corrected chi connectivity index (χ0v) is 18.2. The van der Waals surface area contributed by atoms with E-state index in [-0.39, 0.29) is 17.8 Å². The average molecular weight is 457 g/mol. The number of para-hydroxylation sites is 1. The quantitative estimate of drug-likeness (QED) is 0.421. The first kappa shape index (κ1) is 21.3. The summed E-state index contributed by atoms with van der Waals surface area (Å²) < 4.78 is 21.6. The molecule has 0 spiro atoms. The maximum Gasteiger partial charge on any atom is 0.280 e. The lowest BCUT2D eigenvalue weighted by Crippen LogP contribution is -2.35. The number of carbonyl (C=O) groups is 1. The van der Waals surface area contributed by atoms with Crippen LogP contribution in [0.1, 0.15) is 12.6 Å². The molecule has 2 aromatic carbocycles. The highest BCUT2D eigenvalue weighted by atomic mass is 19.1. The number of pyridine rings is 1. The third kappa shape index (κ3) is 3.88. The highest BCUT2D eigenvalue weighted by Crippen LogP contribution is 2.29. The normalized spacial score (nSPS) is 11.1. The minimum atomic E-state index is -0.481. The first-order valence-electron chi connectivity index (χ1n) is 10.7. The third-order valence-corrected chi connectivity index (χ3v) is 5.41. The Morgan fingerprint density at radius 3 is 2.59 bits per heavy atom. The highest BCUT2D eigenvalue weighted by Gasteiger charge is 2.18. The number of rotatable bonds is 6. The van der Waals surface area contributed by atoms with Crippen LogP contribution in [0.4, 0.5) is 4.39 Å². The third-order valence-electron chi connectivity index (χ3n) is 5.41. The lowest BCUT2D eigenvalue weighted by Gasteiger charge is -2.10. The predicted molar refractivity (Wildman–Crippen MR) is 126 cm³/mol. The van der Waals surface area contributed by atoms with Crippen LogP contribution in [0.15, 0.2) is 77.9 Å². The molecule has 1 amide bonds. The molecule has 170 valence electrons. The first-order valence-corrected chi connectivity index (χ1v) is 10.7. The number of hydrogen-bond acceptors (Lipinski definition) is 5. The van der Waals surface area contributed by atoms with Gasteiger partial charge in [0.05, 0.1) is 16.6 Å². The van der Waals surface area contributed by atoms with Gasteiger partial charge in [0.2, 0.25) is 0 Å². The Hall–Kier alpha value is -4.53. The molecule has 0 bridgehead atoms. The van der Waals surface area contributed by atoms with Crippen LogP contribution in [-0.2, 0) is 11.2 Å². The minimum absolute atomic E-state index is 0.244. The summed E-state index contributed by atoms with van der Waals surface area (Å²) in [6, 6.07) is 16.8. The van der Waals surface area contributed by atoms with E-state index in [9.17, 15) is 14.0 Å². The van der Waals surface area contributed by atoms with Gasteiger partial charge in [-0.05, 0) is 42.3 Å². The summed E-state index contributed by atoms with van der Waals surface area (Å²) in [6.45, 7) is 1.73. The van der Waals surface area contributed by atoms with Crippen LogP contribution in [0.5, 0.6) is 5.75 Å². The number of fused-ring (bicyclic) bond motifs is 3. The van der Waals surface area contributed by atoms with Crippen LogP contribution in [0, 0.1) is 5.82 Å². The molecule has 0 radical (unpaired) electrons. The van der Waals surface area contributed by atoms with Crippen molar-refractivity contribution in [2.75, 3.05) is 12.0 Å². The molecule has 0 aliphatic rings. The summed E-state index contributed by atoms with van der Waals surface area (Å²) >= 11 is 0. The van der Waals surface area contributed by atoms with Gasteiger partial charge in [0.1, 0.15) is 11.6 Å². The summed E-state index contributed by atoms with van der Waals surface area (Å²) in [5.41, 5.74) is 5.55. The number of benzene rings is 2. The second-order valence-electron chi connectivity index (χ2n) is 7.60. The zero-order chi connectivity index (χ0) is 23.7. The molecule has 3 heterocycles. The maximum absolute atomic E-state index is 13.4. The van der Waals surface area contributed by atoms with Gasteiger partial charge in [0, 0.05) is 18.0 Å². The highest BCUT2D eigenvalue weighted by molar-refractivity contribution is 5.88. The summed E-state index contributed by atoms with van der Waals surface area (Å²) in [6.07, 6.45) is 3.56. The van der Waals surface area contributed by atoms with Crippen LogP contribution >= 0.6 is 0 Å². The van der Waals surface area contributed by atoms with Crippen LogP contribution in [0.25, 0.3) is 27.7 Å². The largest absolute Gasteiger partial charge is 0.484 e. The minimum Gasteiger partial charge on any atom is -0.484 e. The molecule has 0 fully saturated rings. The Labute approximate surface area is 193 Å². The maximum atomic E-state index is 13.4. The van der Waals surface area contributed by atoms with Gasteiger partial charge < -0.3 is 4.74 Å². The molecule has 3 aromatic heterocycles.